The summed E-state index contributed by atoms with van der Waals surface area (Å²) >= 11 is 0. The maximum atomic E-state index is 14.0. The number of hydrogen-bond acceptors (Lipinski definition) is 14. The van der Waals surface area contributed by atoms with Crippen molar-refractivity contribution in [1.82, 2.24) is 37.2 Å². The summed E-state index contributed by atoms with van der Waals surface area (Å²) in [5.74, 6) is -11.5. The van der Waals surface area contributed by atoms with Crippen molar-refractivity contribution in [2.75, 3.05) is 13.1 Å². The Kier molecular flexibility index (Phi) is 24.8. The zero-order valence-corrected chi connectivity index (χ0v) is 38.2. The Balaban J connectivity index is 3.50. The van der Waals surface area contributed by atoms with Crippen LogP contribution >= 0.6 is 0 Å². The van der Waals surface area contributed by atoms with Gasteiger partial charge in [-0.3, -0.25) is 48.1 Å². The second-order valence-corrected chi connectivity index (χ2v) is 16.5. The Labute approximate surface area is 387 Å². The molecule has 0 heterocycles. The lowest BCUT2D eigenvalue weighted by Gasteiger charge is -2.29. The van der Waals surface area contributed by atoms with Gasteiger partial charge in [-0.15, -0.1) is 0 Å². The number of benzene rings is 1. The Hall–Kier alpha value is -7.09. The molecule has 0 saturated heterocycles. The molecule has 26 heteroatoms. The smallest absolute Gasteiger partial charge is 0.326 e. The molecule has 9 amide bonds. The second-order valence-electron chi connectivity index (χ2n) is 16.5. The maximum absolute atomic E-state index is 14.0. The highest BCUT2D eigenvalue weighted by atomic mass is 16.4. The van der Waals surface area contributed by atoms with Gasteiger partial charge in [0.1, 0.15) is 48.0 Å². The number of primary amides is 2. The standard InChI is InChI=1S/C41H67N13O13/c1-19(2)15-28(40(66)67)52-39(65)33(21(5)55)54-38(64)32(20(3)4)53-35(61)25(12-13-29(43)57)49-37(63)27(17-30(44)58)51-36(62)26(16-22-8-10-23(56)11-9-22)50-34(60)24(48-31(59)18-42)7-6-14-47-41(45)46/h8-11,19-21,24-28,32-33,55-56H,6-7,12-18,42H2,1-5H3,(H2,43,57)(H2,44,58)(H,48,59)(H,49,63)(H,50,60)(H,51,62)(H,52,65)(H,53,61)(H,54,64)(H,66,67)(H4,45,46,47)/t21-,24+,25+,26+,27+,28+,32+,33+/m1/s1. The summed E-state index contributed by atoms with van der Waals surface area (Å²) in [6, 6.07) is -5.33. The van der Waals surface area contributed by atoms with Gasteiger partial charge < -0.3 is 81.2 Å². The van der Waals surface area contributed by atoms with Crippen LogP contribution in [-0.2, 0) is 54.4 Å². The van der Waals surface area contributed by atoms with Crippen molar-refractivity contribution in [2.24, 2.45) is 45.5 Å². The summed E-state index contributed by atoms with van der Waals surface area (Å²) in [4.78, 5) is 134. The summed E-state index contributed by atoms with van der Waals surface area (Å²) in [7, 11) is 0. The number of nitrogens with two attached hydrogens (primary N) is 5. The molecule has 0 aromatic heterocycles. The first-order valence-electron chi connectivity index (χ1n) is 21.4. The molecule has 0 fully saturated rings. The van der Waals surface area contributed by atoms with Gasteiger partial charge in [-0.1, -0.05) is 39.8 Å². The van der Waals surface area contributed by atoms with E-state index in [9.17, 15) is 63.3 Å². The van der Waals surface area contributed by atoms with Gasteiger partial charge in [0.05, 0.1) is 19.1 Å². The van der Waals surface area contributed by atoms with Crippen LogP contribution in [0.2, 0.25) is 0 Å². The Bertz CT molecular complexity index is 1920. The van der Waals surface area contributed by atoms with Gasteiger partial charge in [-0.25, -0.2) is 4.79 Å². The number of aliphatic imine (C=N–C) groups is 1. The average Bonchev–Trinajstić information content (AvgIpc) is 3.23. The van der Waals surface area contributed by atoms with Crippen molar-refractivity contribution in [3.63, 3.8) is 0 Å². The number of aromatic hydroxyl groups is 1. The highest BCUT2D eigenvalue weighted by Gasteiger charge is 2.36. The van der Waals surface area contributed by atoms with Gasteiger partial charge in [0, 0.05) is 19.4 Å². The number of carboxylic acids is 1. The molecule has 1 aromatic rings. The number of phenols is 1. The Morgan fingerprint density at radius 2 is 1.10 bits per heavy atom. The molecule has 0 bridgehead atoms. The highest BCUT2D eigenvalue weighted by Crippen LogP contribution is 2.14. The summed E-state index contributed by atoms with van der Waals surface area (Å²) in [6.45, 7) is 7.23. The van der Waals surface area contributed by atoms with Gasteiger partial charge >= 0.3 is 5.97 Å². The molecule has 0 radical (unpaired) electrons. The molecule has 0 aliphatic rings. The third-order valence-electron chi connectivity index (χ3n) is 9.77. The van der Waals surface area contributed by atoms with E-state index in [0.29, 0.717) is 5.56 Å². The average molecular weight is 950 g/mol. The SMILES string of the molecule is CC(C)C[C@H](NC(=O)[C@@H](NC(=O)[C@@H](NC(=O)[C@H](CCC(N)=O)NC(=O)[C@H](CC(N)=O)NC(=O)[C@H](Cc1ccc(O)cc1)NC(=O)[C@H](CCCN=C(N)N)NC(=O)CN)C(C)C)[C@@H](C)O)C(=O)O. The van der Waals surface area contributed by atoms with E-state index in [-0.39, 0.29) is 49.9 Å². The molecule has 26 nitrogen and oxygen atoms in total. The van der Waals surface area contributed by atoms with Crippen molar-refractivity contribution in [3.8, 4) is 5.75 Å². The minimum absolute atomic E-state index is 0.0230. The number of nitrogens with zero attached hydrogens (tertiary/aromatic N) is 1. The van der Waals surface area contributed by atoms with E-state index >= 15 is 0 Å². The number of nitrogens with one attached hydrogen (secondary N) is 7. The zero-order chi connectivity index (χ0) is 51.1. The van der Waals surface area contributed by atoms with Crippen molar-refractivity contribution in [2.45, 2.75) is 128 Å². The van der Waals surface area contributed by atoms with Crippen LogP contribution in [0.1, 0.15) is 78.7 Å². The van der Waals surface area contributed by atoms with Crippen molar-refractivity contribution in [3.05, 3.63) is 29.8 Å². The minimum atomic E-state index is -1.83. The number of hydrogen-bond donors (Lipinski definition) is 15. The number of guanidine groups is 1. The van der Waals surface area contributed by atoms with E-state index in [1.54, 1.807) is 13.8 Å². The summed E-state index contributed by atoms with van der Waals surface area (Å²) < 4.78 is 0. The number of phenolic OH excluding ortho intramolecular Hbond substituents is 1. The van der Waals surface area contributed by atoms with Crippen LogP contribution in [0.15, 0.2) is 29.3 Å². The highest BCUT2D eigenvalue weighted by molar-refractivity contribution is 5.99. The van der Waals surface area contributed by atoms with E-state index in [1.807, 2.05) is 0 Å². The number of aliphatic hydroxyl groups excluding tert-OH is 1. The van der Waals surface area contributed by atoms with Gasteiger partial charge in [0.25, 0.3) is 0 Å². The predicted molar refractivity (Wildman–Crippen MR) is 240 cm³/mol. The van der Waals surface area contributed by atoms with Gasteiger partial charge in [-0.05, 0) is 62.1 Å². The summed E-state index contributed by atoms with van der Waals surface area (Å²) in [5.41, 5.74) is 27.4. The van der Waals surface area contributed by atoms with Crippen LogP contribution in [0.3, 0.4) is 0 Å². The second kappa shape index (κ2) is 28.7. The lowest BCUT2D eigenvalue weighted by molar-refractivity contribution is -0.143. The quantitative estimate of drug-likeness (QED) is 0.0195. The molecular weight excluding hydrogens is 883 g/mol. The van der Waals surface area contributed by atoms with E-state index in [2.05, 4.69) is 42.2 Å². The van der Waals surface area contributed by atoms with Crippen molar-refractivity contribution in [1.29, 1.82) is 0 Å². The molecule has 0 aliphatic carbocycles. The molecule has 67 heavy (non-hydrogen) atoms. The van der Waals surface area contributed by atoms with E-state index < -0.39 is 139 Å². The topological polar surface area (TPSA) is 458 Å². The maximum Gasteiger partial charge on any atom is 0.326 e. The molecular formula is C41H67N13O13. The number of aliphatic carboxylic acids is 1. The summed E-state index contributed by atoms with van der Waals surface area (Å²) in [6.07, 6.45) is -3.44. The van der Waals surface area contributed by atoms with Gasteiger partial charge in [-0.2, -0.15) is 0 Å². The lowest BCUT2D eigenvalue weighted by atomic mass is 10.00. The molecule has 0 unspecified atom stereocenters. The number of rotatable bonds is 30. The normalized spacial score (nSPS) is 14.6. The third-order valence-corrected chi connectivity index (χ3v) is 9.77. The molecule has 1 aromatic carbocycles. The molecule has 374 valence electrons. The zero-order valence-electron chi connectivity index (χ0n) is 38.2. The predicted octanol–water partition coefficient (Wildman–Crippen LogP) is -5.35. The van der Waals surface area contributed by atoms with Crippen LogP contribution in [0.25, 0.3) is 0 Å². The Morgan fingerprint density at radius 1 is 0.612 bits per heavy atom. The summed E-state index contributed by atoms with van der Waals surface area (Å²) in [5, 5.41) is 46.5. The van der Waals surface area contributed by atoms with Gasteiger partial charge in [0.15, 0.2) is 5.96 Å². The largest absolute Gasteiger partial charge is 0.508 e. The molecule has 0 spiro atoms. The van der Waals surface area contributed by atoms with E-state index in [4.69, 9.17) is 28.7 Å². The molecule has 0 saturated carbocycles. The number of carbonyl (C=O) groups is 10. The number of carbonyl (C=O) groups excluding carboxylic acids is 9. The molecule has 8 atom stereocenters. The minimum Gasteiger partial charge on any atom is -0.508 e. The fraction of sp³-hybridized carbons (Fsp3) is 0.585. The Morgan fingerprint density at radius 3 is 1.61 bits per heavy atom. The first kappa shape index (κ1) is 57.9. The van der Waals surface area contributed by atoms with Gasteiger partial charge in [0.2, 0.25) is 53.2 Å². The molecule has 20 N–H and O–H groups in total. The molecule has 0 aliphatic heterocycles. The molecule has 1 rings (SSSR count). The van der Waals surface area contributed by atoms with Crippen LogP contribution in [0.5, 0.6) is 5.75 Å². The van der Waals surface area contributed by atoms with Crippen LogP contribution in [0, 0.1) is 11.8 Å². The fourth-order valence-electron chi connectivity index (χ4n) is 6.28. The first-order valence-corrected chi connectivity index (χ1v) is 21.4. The first-order chi connectivity index (χ1) is 31.2. The number of carboxylic acid groups (broad SMARTS) is 1. The number of aliphatic hydroxyl groups is 1. The van der Waals surface area contributed by atoms with Crippen LogP contribution in [0.4, 0.5) is 0 Å². The van der Waals surface area contributed by atoms with E-state index in [1.165, 1.54) is 45.0 Å². The number of amides is 9. The fourth-order valence-corrected chi connectivity index (χ4v) is 6.28. The van der Waals surface area contributed by atoms with Crippen LogP contribution in [-0.4, -0.2) is 142 Å². The van der Waals surface area contributed by atoms with Crippen molar-refractivity contribution >= 4 is 65.1 Å². The monoisotopic (exact) mass is 949 g/mol. The third kappa shape index (κ3) is 22.1. The van der Waals surface area contributed by atoms with Crippen LogP contribution < -0.4 is 65.9 Å². The lowest BCUT2D eigenvalue weighted by Crippen LogP contribution is -2.62. The van der Waals surface area contributed by atoms with Crippen molar-refractivity contribution < 1.29 is 63.3 Å². The van der Waals surface area contributed by atoms with E-state index in [0.717, 1.165) is 0 Å².